The molecule has 0 aromatic heterocycles. The van der Waals surface area contributed by atoms with Gasteiger partial charge in [0.15, 0.2) is 0 Å². The van der Waals surface area contributed by atoms with Crippen LogP contribution in [0.15, 0.2) is 47.4 Å². The van der Waals surface area contributed by atoms with Crippen LogP contribution in [0.1, 0.15) is 29.4 Å². The summed E-state index contributed by atoms with van der Waals surface area (Å²) in [5, 5.41) is 5.25. The Morgan fingerprint density at radius 1 is 1.00 bits per heavy atom. The fourth-order valence-corrected chi connectivity index (χ4v) is 3.71. The van der Waals surface area contributed by atoms with E-state index in [1.54, 1.807) is 6.07 Å². The third-order valence-electron chi connectivity index (χ3n) is 4.24. The van der Waals surface area contributed by atoms with Crippen LogP contribution >= 0.6 is 0 Å². The number of nitrogens with two attached hydrogens (primary N) is 1. The normalized spacial score (nSPS) is 20.1. The lowest BCUT2D eigenvalue weighted by molar-refractivity contribution is 0.388. The van der Waals surface area contributed by atoms with Crippen LogP contribution in [0.25, 0.3) is 0 Å². The minimum atomic E-state index is -3.87. The number of benzene rings is 2. The van der Waals surface area contributed by atoms with E-state index in [-0.39, 0.29) is 16.6 Å². The van der Waals surface area contributed by atoms with Crippen LogP contribution in [0.3, 0.4) is 0 Å². The molecule has 5 nitrogen and oxygen atoms in total. The third-order valence-corrected chi connectivity index (χ3v) is 5.17. The maximum Gasteiger partial charge on any atom is 0.241 e. The third kappa shape index (κ3) is 3.04. The minimum absolute atomic E-state index is 0.0579. The van der Waals surface area contributed by atoms with E-state index in [0.717, 1.165) is 12.0 Å². The molecule has 3 rings (SSSR count). The average Bonchev–Trinajstić information content (AvgIpc) is 3.34. The summed E-state index contributed by atoms with van der Waals surface area (Å²) in [5.41, 5.74) is 2.22. The Morgan fingerprint density at radius 3 is 2.22 bits per heavy atom. The van der Waals surface area contributed by atoms with Gasteiger partial charge < -0.3 is 9.47 Å². The Hall–Kier alpha value is -2.05. The number of methoxy groups -OCH3 is 2. The molecule has 0 saturated heterocycles. The number of hydrogen-bond acceptors (Lipinski definition) is 4. The quantitative estimate of drug-likeness (QED) is 0.912. The molecule has 0 bridgehead atoms. The minimum Gasteiger partial charge on any atom is -0.496 e. The molecule has 1 aliphatic carbocycles. The van der Waals surface area contributed by atoms with Crippen molar-refractivity contribution in [2.75, 3.05) is 14.2 Å². The van der Waals surface area contributed by atoms with Crippen LogP contribution in [0.5, 0.6) is 11.5 Å². The zero-order valence-corrected chi connectivity index (χ0v) is 13.8. The largest absolute Gasteiger partial charge is 0.496 e. The molecular weight excluding hydrogens is 314 g/mol. The van der Waals surface area contributed by atoms with Gasteiger partial charge in [0.1, 0.15) is 16.4 Å². The second-order valence-electron chi connectivity index (χ2n) is 5.65. The molecule has 0 unspecified atom stereocenters. The van der Waals surface area contributed by atoms with E-state index in [4.69, 9.17) is 14.6 Å². The number of hydrogen-bond donors (Lipinski definition) is 1. The summed E-state index contributed by atoms with van der Waals surface area (Å²) in [6, 6.07) is 13.4. The van der Waals surface area contributed by atoms with Crippen molar-refractivity contribution in [3.63, 3.8) is 0 Å². The summed E-state index contributed by atoms with van der Waals surface area (Å²) in [6.45, 7) is 0. The smallest absolute Gasteiger partial charge is 0.241 e. The van der Waals surface area contributed by atoms with E-state index in [2.05, 4.69) is 12.1 Å². The molecule has 0 amide bonds. The zero-order valence-electron chi connectivity index (χ0n) is 13.0. The van der Waals surface area contributed by atoms with Crippen molar-refractivity contribution < 1.29 is 17.9 Å². The highest BCUT2D eigenvalue weighted by Gasteiger charge is 2.41. The number of primary sulfonamides is 1. The van der Waals surface area contributed by atoms with E-state index in [0.29, 0.717) is 11.7 Å². The first-order valence-corrected chi connectivity index (χ1v) is 8.84. The van der Waals surface area contributed by atoms with Gasteiger partial charge in [0.2, 0.25) is 10.0 Å². The Labute approximate surface area is 136 Å². The van der Waals surface area contributed by atoms with Crippen molar-refractivity contribution in [1.82, 2.24) is 0 Å². The predicted molar refractivity (Wildman–Crippen MR) is 87.5 cm³/mol. The Bertz CT molecular complexity index is 818. The molecule has 1 aliphatic rings. The van der Waals surface area contributed by atoms with Gasteiger partial charge in [0.25, 0.3) is 0 Å². The number of ether oxygens (including phenoxy) is 2. The van der Waals surface area contributed by atoms with E-state index in [1.165, 1.54) is 25.8 Å². The molecular formula is C17H19NO4S. The molecule has 122 valence electrons. The highest BCUT2D eigenvalue weighted by molar-refractivity contribution is 7.89. The lowest BCUT2D eigenvalue weighted by Crippen LogP contribution is -2.14. The second-order valence-corrected chi connectivity index (χ2v) is 7.18. The van der Waals surface area contributed by atoms with Gasteiger partial charge in [-0.2, -0.15) is 0 Å². The van der Waals surface area contributed by atoms with Crippen molar-refractivity contribution in [3.8, 4) is 11.5 Å². The van der Waals surface area contributed by atoms with E-state index in [1.807, 2.05) is 18.2 Å². The van der Waals surface area contributed by atoms with Gasteiger partial charge in [-0.05, 0) is 29.9 Å². The average molecular weight is 333 g/mol. The SMILES string of the molecule is COc1cc(S(N)(=O)=O)c(OC)cc1[C@@H]1C[C@H]1c1ccccc1. The van der Waals surface area contributed by atoms with Crippen molar-refractivity contribution in [1.29, 1.82) is 0 Å². The van der Waals surface area contributed by atoms with Gasteiger partial charge in [0.05, 0.1) is 14.2 Å². The Balaban J connectivity index is 2.01. The maximum absolute atomic E-state index is 11.7. The molecule has 0 spiro atoms. The monoisotopic (exact) mass is 333 g/mol. The number of rotatable bonds is 5. The topological polar surface area (TPSA) is 78.6 Å². The summed E-state index contributed by atoms with van der Waals surface area (Å²) < 4.78 is 34.0. The Kier molecular flexibility index (Phi) is 4.04. The molecule has 2 atom stereocenters. The fraction of sp³-hybridized carbons (Fsp3) is 0.294. The molecule has 2 aromatic rings. The van der Waals surface area contributed by atoms with Crippen LogP contribution in [-0.4, -0.2) is 22.6 Å². The van der Waals surface area contributed by atoms with Crippen molar-refractivity contribution in [2.45, 2.75) is 23.2 Å². The highest BCUT2D eigenvalue weighted by Crippen LogP contribution is 2.57. The first-order chi connectivity index (χ1) is 11.0. The highest BCUT2D eigenvalue weighted by atomic mass is 32.2. The van der Waals surface area contributed by atoms with Crippen molar-refractivity contribution in [2.24, 2.45) is 5.14 Å². The van der Waals surface area contributed by atoms with Crippen LogP contribution in [0.2, 0.25) is 0 Å². The van der Waals surface area contributed by atoms with Gasteiger partial charge in [0, 0.05) is 11.6 Å². The molecule has 1 fully saturated rings. The second kappa shape index (κ2) is 5.86. The van der Waals surface area contributed by atoms with Crippen LogP contribution < -0.4 is 14.6 Å². The molecule has 1 saturated carbocycles. The van der Waals surface area contributed by atoms with Crippen LogP contribution in [-0.2, 0) is 10.0 Å². The molecule has 23 heavy (non-hydrogen) atoms. The van der Waals surface area contributed by atoms with Gasteiger partial charge >= 0.3 is 0 Å². The first kappa shape index (κ1) is 15.8. The van der Waals surface area contributed by atoms with Gasteiger partial charge in [-0.15, -0.1) is 0 Å². The first-order valence-electron chi connectivity index (χ1n) is 7.29. The Morgan fingerprint density at radius 2 is 1.65 bits per heavy atom. The molecule has 0 heterocycles. The summed E-state index contributed by atoms with van der Waals surface area (Å²) in [4.78, 5) is -0.0579. The molecule has 0 aliphatic heterocycles. The lowest BCUT2D eigenvalue weighted by Gasteiger charge is -2.14. The molecule has 2 N–H and O–H groups in total. The number of sulfonamides is 1. The lowest BCUT2D eigenvalue weighted by atomic mass is 10.0. The zero-order chi connectivity index (χ0) is 16.6. The summed E-state index contributed by atoms with van der Waals surface area (Å²) >= 11 is 0. The fourth-order valence-electron chi connectivity index (χ4n) is 3.01. The van der Waals surface area contributed by atoms with Gasteiger partial charge in [-0.1, -0.05) is 30.3 Å². The summed E-state index contributed by atoms with van der Waals surface area (Å²) in [6.07, 6.45) is 0.998. The van der Waals surface area contributed by atoms with Crippen molar-refractivity contribution in [3.05, 3.63) is 53.6 Å². The van der Waals surface area contributed by atoms with Gasteiger partial charge in [-0.25, -0.2) is 13.6 Å². The van der Waals surface area contributed by atoms with Crippen molar-refractivity contribution >= 4 is 10.0 Å². The van der Waals surface area contributed by atoms with Crippen LogP contribution in [0.4, 0.5) is 0 Å². The van der Waals surface area contributed by atoms with Crippen LogP contribution in [0, 0.1) is 0 Å². The standard InChI is InChI=1S/C17H19NO4S/c1-21-15-10-17(23(18,19)20)16(22-2)9-14(15)13-8-12(13)11-6-4-3-5-7-11/h3-7,9-10,12-13H,8H2,1-2H3,(H2,18,19,20)/t12-,13+/m0/s1. The summed E-state index contributed by atoms with van der Waals surface area (Å²) in [5.74, 6) is 1.48. The molecule has 2 aromatic carbocycles. The van der Waals surface area contributed by atoms with Gasteiger partial charge in [-0.3, -0.25) is 0 Å². The van der Waals surface area contributed by atoms with E-state index >= 15 is 0 Å². The summed E-state index contributed by atoms with van der Waals surface area (Å²) in [7, 11) is -0.913. The van der Waals surface area contributed by atoms with E-state index < -0.39 is 10.0 Å². The molecule has 0 radical (unpaired) electrons. The predicted octanol–water partition coefficient (Wildman–Crippen LogP) is 2.62. The maximum atomic E-state index is 11.7. The van der Waals surface area contributed by atoms with E-state index in [9.17, 15) is 8.42 Å². The molecule has 6 heteroatoms.